The van der Waals surface area contributed by atoms with Crippen molar-refractivity contribution in [3.05, 3.63) is 114 Å². The molecule has 0 spiro atoms. The Morgan fingerprint density at radius 3 is 2.13 bits per heavy atom. The fourth-order valence-electron chi connectivity index (χ4n) is 6.86. The number of hydrogen-bond donors (Lipinski definition) is 3. The number of piperidine rings is 1. The Kier molecular flexibility index (Phi) is 12.8. The molecular weight excluding hydrogens is 654 g/mol. The van der Waals surface area contributed by atoms with Crippen molar-refractivity contribution in [3.63, 3.8) is 0 Å². The van der Waals surface area contributed by atoms with E-state index in [1.54, 1.807) is 6.07 Å². The van der Waals surface area contributed by atoms with Gasteiger partial charge in [0.25, 0.3) is 5.91 Å². The number of carbonyl (C=O) groups excluding carboxylic acids is 4. The number of nitrogens with zero attached hydrogens (tertiary/aromatic N) is 2. The molecule has 1 aliphatic rings. The van der Waals surface area contributed by atoms with Crippen LogP contribution >= 0.6 is 0 Å². The van der Waals surface area contributed by atoms with Gasteiger partial charge in [-0.3, -0.25) is 29.0 Å². The minimum Gasteiger partial charge on any atom is -0.488 e. The van der Waals surface area contributed by atoms with Gasteiger partial charge in [-0.15, -0.1) is 0 Å². The van der Waals surface area contributed by atoms with Crippen LogP contribution in [0.25, 0.3) is 10.8 Å². The minimum absolute atomic E-state index is 0.167. The fourth-order valence-corrected chi connectivity index (χ4v) is 6.86. The van der Waals surface area contributed by atoms with Crippen molar-refractivity contribution in [1.29, 1.82) is 0 Å². The second kappa shape index (κ2) is 17.4. The summed E-state index contributed by atoms with van der Waals surface area (Å²) in [6.07, 6.45) is 2.52. The zero-order valence-electron chi connectivity index (χ0n) is 30.4. The molecule has 5 rings (SSSR count). The highest BCUT2D eigenvalue weighted by Gasteiger charge is 2.43. The molecule has 0 saturated carbocycles. The number of primary amides is 1. The summed E-state index contributed by atoms with van der Waals surface area (Å²) in [5.74, 6) is -1.98. The molecule has 52 heavy (non-hydrogen) atoms. The highest BCUT2D eigenvalue weighted by molar-refractivity contribution is 6.10. The van der Waals surface area contributed by atoms with Crippen LogP contribution in [-0.2, 0) is 27.4 Å². The van der Waals surface area contributed by atoms with Gasteiger partial charge in [0.1, 0.15) is 12.4 Å². The van der Waals surface area contributed by atoms with Crippen LogP contribution < -0.4 is 21.5 Å². The average molecular weight is 706 g/mol. The number of imide groups is 1. The summed E-state index contributed by atoms with van der Waals surface area (Å²) in [5, 5.41) is 4.77. The van der Waals surface area contributed by atoms with E-state index in [2.05, 4.69) is 5.32 Å². The zero-order chi connectivity index (χ0) is 37.3. The predicted octanol–water partition coefficient (Wildman–Crippen LogP) is 5.71. The lowest BCUT2D eigenvalue weighted by Crippen LogP contribution is -2.63. The molecule has 0 aromatic heterocycles. The smallest absolute Gasteiger partial charge is 0.265 e. The molecule has 0 radical (unpaired) electrons. The second-order valence-electron chi connectivity index (χ2n) is 14.6. The zero-order valence-corrected chi connectivity index (χ0v) is 30.4. The Morgan fingerprint density at radius 2 is 1.50 bits per heavy atom. The van der Waals surface area contributed by atoms with Gasteiger partial charge in [-0.1, -0.05) is 91.3 Å². The van der Waals surface area contributed by atoms with Gasteiger partial charge < -0.3 is 21.5 Å². The quantitative estimate of drug-likeness (QED) is 0.152. The maximum atomic E-state index is 15.2. The Balaban J connectivity index is 1.62. The molecule has 0 bridgehead atoms. The van der Waals surface area contributed by atoms with Crippen LogP contribution in [-0.4, -0.2) is 63.8 Å². The number of hydrogen-bond acceptors (Lipinski definition) is 7. The molecule has 274 valence electrons. The molecule has 4 amide bonds. The molecule has 10 heteroatoms. The maximum Gasteiger partial charge on any atom is 0.265 e. The third-order valence-corrected chi connectivity index (χ3v) is 9.31. The topological polar surface area (TPSA) is 148 Å². The predicted molar refractivity (Wildman–Crippen MR) is 203 cm³/mol. The lowest BCUT2D eigenvalue weighted by molar-refractivity contribution is -0.143. The molecule has 4 aromatic rings. The lowest BCUT2D eigenvalue weighted by Gasteiger charge is -2.45. The second-order valence-corrected chi connectivity index (χ2v) is 14.6. The van der Waals surface area contributed by atoms with Gasteiger partial charge in [0.15, 0.2) is 0 Å². The summed E-state index contributed by atoms with van der Waals surface area (Å²) < 4.78 is 6.34. The highest BCUT2D eigenvalue weighted by Crippen LogP contribution is 2.32. The SMILES string of the molecule is CC(C)(C)NC(=O)[C@@H]1CCCCN1C(CCCc1ccccc1)N(C(=O)c1cc2ccccc2cc1OCc1ccccc1)C(=O)[C@H](N)CC(N)=O. The largest absolute Gasteiger partial charge is 0.488 e. The van der Waals surface area contributed by atoms with E-state index in [9.17, 15) is 14.4 Å². The summed E-state index contributed by atoms with van der Waals surface area (Å²) >= 11 is 0. The average Bonchev–Trinajstić information content (AvgIpc) is 3.12. The molecule has 0 aliphatic carbocycles. The van der Waals surface area contributed by atoms with Crippen molar-refractivity contribution in [2.24, 2.45) is 11.5 Å². The number of fused-ring (bicyclic) bond motifs is 1. The van der Waals surface area contributed by atoms with Crippen LogP contribution in [0.3, 0.4) is 0 Å². The summed E-state index contributed by atoms with van der Waals surface area (Å²) in [4.78, 5) is 58.9. The third kappa shape index (κ3) is 10.0. The van der Waals surface area contributed by atoms with E-state index >= 15 is 4.79 Å². The molecule has 10 nitrogen and oxygen atoms in total. The van der Waals surface area contributed by atoms with Gasteiger partial charge in [-0.2, -0.15) is 0 Å². The monoisotopic (exact) mass is 705 g/mol. The maximum absolute atomic E-state index is 15.2. The minimum atomic E-state index is -1.38. The van der Waals surface area contributed by atoms with Crippen LogP contribution in [0.1, 0.15) is 80.8 Å². The molecule has 1 fully saturated rings. The van der Waals surface area contributed by atoms with E-state index in [0.29, 0.717) is 38.0 Å². The number of ether oxygens (including phenoxy) is 1. The van der Waals surface area contributed by atoms with Gasteiger partial charge in [-0.25, -0.2) is 0 Å². The van der Waals surface area contributed by atoms with E-state index in [-0.39, 0.29) is 18.1 Å². The van der Waals surface area contributed by atoms with Crippen LogP contribution in [0.4, 0.5) is 0 Å². The normalized spacial score (nSPS) is 16.1. The van der Waals surface area contributed by atoms with Gasteiger partial charge in [0.2, 0.25) is 17.7 Å². The van der Waals surface area contributed by atoms with Crippen LogP contribution in [0.15, 0.2) is 97.1 Å². The van der Waals surface area contributed by atoms with Gasteiger partial charge in [0, 0.05) is 12.1 Å². The van der Waals surface area contributed by atoms with Crippen molar-refractivity contribution in [3.8, 4) is 5.75 Å². The lowest BCUT2D eigenvalue weighted by atomic mass is 9.96. The van der Waals surface area contributed by atoms with Gasteiger partial charge >= 0.3 is 0 Å². The summed E-state index contributed by atoms with van der Waals surface area (Å²) in [6, 6.07) is 28.8. The van der Waals surface area contributed by atoms with Crippen LogP contribution in [0, 0.1) is 0 Å². The van der Waals surface area contributed by atoms with Crippen molar-refractivity contribution < 1.29 is 23.9 Å². The first-order valence-corrected chi connectivity index (χ1v) is 18.1. The number of benzene rings is 4. The summed E-state index contributed by atoms with van der Waals surface area (Å²) in [7, 11) is 0. The molecule has 4 aromatic carbocycles. The molecule has 5 N–H and O–H groups in total. The number of nitrogens with two attached hydrogens (primary N) is 2. The summed E-state index contributed by atoms with van der Waals surface area (Å²) in [6.45, 7) is 6.45. The molecule has 1 unspecified atom stereocenters. The van der Waals surface area contributed by atoms with Gasteiger partial charge in [-0.05, 0) is 86.9 Å². The van der Waals surface area contributed by atoms with E-state index in [4.69, 9.17) is 16.2 Å². The fraction of sp³-hybridized carbons (Fsp3) is 0.381. The number of amides is 4. The standard InChI is InChI=1S/C42H51N5O5/c1-42(2,3)45-39(49)35-22-12-13-24-46(35)38(23-14-19-29-15-6-4-7-16-29)47(41(51)34(43)27-37(44)48)40(50)33-25-31-20-10-11-21-32(31)26-36(33)52-28-30-17-8-5-9-18-30/h4-11,15-18,20-21,25-26,34-35,38H,12-14,19,22-24,27-28,43H2,1-3H3,(H2,44,48)(H,45,49)/t34-,35+,38?/m1/s1. The van der Waals surface area contributed by atoms with E-state index in [1.165, 1.54) is 4.90 Å². The highest BCUT2D eigenvalue weighted by atomic mass is 16.5. The van der Waals surface area contributed by atoms with E-state index < -0.39 is 47.9 Å². The Bertz CT molecular complexity index is 1840. The molecule has 1 heterocycles. The van der Waals surface area contributed by atoms with Crippen molar-refractivity contribution in [2.75, 3.05) is 6.54 Å². The third-order valence-electron chi connectivity index (χ3n) is 9.31. The number of nitrogens with one attached hydrogen (secondary N) is 1. The van der Waals surface area contributed by atoms with Crippen molar-refractivity contribution in [1.82, 2.24) is 15.1 Å². The number of likely N-dealkylation sites (tertiary alicyclic amines) is 1. The molecule has 3 atom stereocenters. The Labute approximate surface area is 306 Å². The number of carbonyl (C=O) groups is 4. The van der Waals surface area contributed by atoms with Gasteiger partial charge in [0.05, 0.1) is 30.2 Å². The van der Waals surface area contributed by atoms with Crippen LogP contribution in [0.2, 0.25) is 0 Å². The molecule has 1 aliphatic heterocycles. The Hall–Kier alpha value is -5.06. The molecule has 1 saturated heterocycles. The summed E-state index contributed by atoms with van der Waals surface area (Å²) in [5.41, 5.74) is 13.6. The van der Waals surface area contributed by atoms with Crippen molar-refractivity contribution in [2.45, 2.75) is 96.1 Å². The Morgan fingerprint density at radius 1 is 0.885 bits per heavy atom. The number of rotatable bonds is 14. The van der Waals surface area contributed by atoms with E-state index in [0.717, 1.165) is 34.7 Å². The van der Waals surface area contributed by atoms with E-state index in [1.807, 2.05) is 117 Å². The first kappa shape index (κ1) is 38.2. The first-order valence-electron chi connectivity index (χ1n) is 18.1. The van der Waals surface area contributed by atoms with Crippen LogP contribution in [0.5, 0.6) is 5.75 Å². The first-order chi connectivity index (χ1) is 24.9. The van der Waals surface area contributed by atoms with Crippen molar-refractivity contribution >= 4 is 34.4 Å². The number of aryl methyl sites for hydroxylation is 1. The molecular formula is C42H51N5O5.